The van der Waals surface area contributed by atoms with Gasteiger partial charge >= 0.3 is 0 Å². The van der Waals surface area contributed by atoms with Gasteiger partial charge in [-0.1, -0.05) is 11.8 Å². The summed E-state index contributed by atoms with van der Waals surface area (Å²) in [4.78, 5) is 12.6. The summed E-state index contributed by atoms with van der Waals surface area (Å²) in [6.45, 7) is 1.91. The standard InChI is InChI=1S/C9H11N5S/c1-6-11-3-4-14(6)8-5-7(10)12-9(13-8)15-2/h3-5H,1-2H3,(H2,10,12,13). The first-order valence-corrected chi connectivity index (χ1v) is 5.62. The zero-order chi connectivity index (χ0) is 10.8. The van der Waals surface area contributed by atoms with Crippen LogP contribution in [0.2, 0.25) is 0 Å². The third-order valence-electron chi connectivity index (χ3n) is 1.97. The Morgan fingerprint density at radius 1 is 1.40 bits per heavy atom. The van der Waals surface area contributed by atoms with Crippen molar-refractivity contribution in [2.24, 2.45) is 0 Å². The van der Waals surface area contributed by atoms with Crippen LogP contribution >= 0.6 is 11.8 Å². The summed E-state index contributed by atoms with van der Waals surface area (Å²) in [6.07, 6.45) is 5.49. The van der Waals surface area contributed by atoms with E-state index in [0.717, 1.165) is 11.6 Å². The van der Waals surface area contributed by atoms with E-state index in [2.05, 4.69) is 15.0 Å². The number of nitrogen functional groups attached to an aromatic ring is 1. The molecule has 0 saturated carbocycles. The lowest BCUT2D eigenvalue weighted by molar-refractivity contribution is 0.869. The first kappa shape index (κ1) is 9.97. The molecule has 0 aliphatic heterocycles. The number of thioether (sulfide) groups is 1. The second kappa shape index (κ2) is 3.90. The van der Waals surface area contributed by atoms with E-state index in [1.165, 1.54) is 11.8 Å². The molecule has 0 atom stereocenters. The Labute approximate surface area is 91.8 Å². The number of imidazole rings is 1. The molecule has 0 amide bonds. The Kier molecular flexibility index (Phi) is 2.59. The van der Waals surface area contributed by atoms with E-state index in [-0.39, 0.29) is 0 Å². The van der Waals surface area contributed by atoms with Gasteiger partial charge in [-0.25, -0.2) is 15.0 Å². The van der Waals surface area contributed by atoms with E-state index in [9.17, 15) is 0 Å². The van der Waals surface area contributed by atoms with Crippen LogP contribution < -0.4 is 5.73 Å². The van der Waals surface area contributed by atoms with Crippen LogP contribution in [0.25, 0.3) is 5.82 Å². The minimum absolute atomic E-state index is 0.470. The number of hydrogen-bond acceptors (Lipinski definition) is 5. The van der Waals surface area contributed by atoms with Crippen molar-refractivity contribution in [3.63, 3.8) is 0 Å². The molecular weight excluding hydrogens is 210 g/mol. The quantitative estimate of drug-likeness (QED) is 0.611. The van der Waals surface area contributed by atoms with Crippen molar-refractivity contribution in [1.82, 2.24) is 19.5 Å². The first-order valence-electron chi connectivity index (χ1n) is 4.39. The van der Waals surface area contributed by atoms with Gasteiger partial charge in [-0.2, -0.15) is 0 Å². The lowest BCUT2D eigenvalue weighted by atomic mass is 10.5. The van der Waals surface area contributed by atoms with Gasteiger partial charge in [0.1, 0.15) is 17.5 Å². The van der Waals surface area contributed by atoms with Crippen LogP contribution in [0, 0.1) is 6.92 Å². The predicted octanol–water partition coefficient (Wildman–Crippen LogP) is 1.27. The molecule has 5 nitrogen and oxygen atoms in total. The Morgan fingerprint density at radius 2 is 2.20 bits per heavy atom. The van der Waals surface area contributed by atoms with Crippen LogP contribution in [-0.2, 0) is 0 Å². The number of anilines is 1. The highest BCUT2D eigenvalue weighted by atomic mass is 32.2. The third kappa shape index (κ3) is 1.94. The maximum absolute atomic E-state index is 5.69. The lowest BCUT2D eigenvalue weighted by Crippen LogP contribution is -2.03. The van der Waals surface area contributed by atoms with Crippen molar-refractivity contribution in [2.75, 3.05) is 12.0 Å². The van der Waals surface area contributed by atoms with Crippen LogP contribution in [0.3, 0.4) is 0 Å². The number of nitrogens with zero attached hydrogens (tertiary/aromatic N) is 4. The van der Waals surface area contributed by atoms with Crippen LogP contribution in [0.1, 0.15) is 5.82 Å². The Hall–Kier alpha value is -1.56. The highest BCUT2D eigenvalue weighted by molar-refractivity contribution is 7.98. The summed E-state index contributed by atoms with van der Waals surface area (Å²) in [5.74, 6) is 2.10. The lowest BCUT2D eigenvalue weighted by Gasteiger charge is -2.05. The van der Waals surface area contributed by atoms with Crippen LogP contribution in [0.4, 0.5) is 5.82 Å². The molecule has 0 aliphatic rings. The van der Waals surface area contributed by atoms with Gasteiger partial charge in [0.25, 0.3) is 0 Å². The van der Waals surface area contributed by atoms with Crippen molar-refractivity contribution < 1.29 is 0 Å². The zero-order valence-corrected chi connectivity index (χ0v) is 9.32. The molecule has 0 unspecified atom stereocenters. The number of rotatable bonds is 2. The molecular formula is C9H11N5S. The topological polar surface area (TPSA) is 69.6 Å². The molecule has 0 aliphatic carbocycles. The third-order valence-corrected chi connectivity index (χ3v) is 2.51. The van der Waals surface area contributed by atoms with Crippen molar-refractivity contribution in [3.8, 4) is 5.82 Å². The Bertz CT molecular complexity index is 479. The van der Waals surface area contributed by atoms with Gasteiger partial charge in [-0.05, 0) is 13.2 Å². The number of nitrogens with two attached hydrogens (primary N) is 1. The van der Waals surface area contributed by atoms with Crippen molar-refractivity contribution in [2.45, 2.75) is 12.1 Å². The molecule has 2 aromatic heterocycles. The summed E-state index contributed by atoms with van der Waals surface area (Å²) in [5, 5.41) is 0.665. The largest absolute Gasteiger partial charge is 0.383 e. The van der Waals surface area contributed by atoms with Gasteiger partial charge in [0.05, 0.1) is 0 Å². The Morgan fingerprint density at radius 3 is 2.80 bits per heavy atom. The minimum Gasteiger partial charge on any atom is -0.383 e. The second-order valence-electron chi connectivity index (χ2n) is 2.98. The van der Waals surface area contributed by atoms with E-state index in [0.29, 0.717) is 11.0 Å². The van der Waals surface area contributed by atoms with Gasteiger partial charge in [-0.3, -0.25) is 4.57 Å². The molecule has 0 fully saturated rings. The highest BCUT2D eigenvalue weighted by Gasteiger charge is 2.05. The summed E-state index contributed by atoms with van der Waals surface area (Å²) in [7, 11) is 0. The van der Waals surface area contributed by atoms with Gasteiger partial charge < -0.3 is 5.73 Å². The average Bonchev–Trinajstić information content (AvgIpc) is 2.63. The van der Waals surface area contributed by atoms with Gasteiger partial charge in [-0.15, -0.1) is 0 Å². The van der Waals surface area contributed by atoms with Crippen LogP contribution in [0.15, 0.2) is 23.6 Å². The molecule has 6 heteroatoms. The molecule has 15 heavy (non-hydrogen) atoms. The van der Waals surface area contributed by atoms with Gasteiger partial charge in [0, 0.05) is 18.5 Å². The second-order valence-corrected chi connectivity index (χ2v) is 3.76. The molecule has 0 bridgehead atoms. The van der Waals surface area contributed by atoms with Crippen molar-refractivity contribution >= 4 is 17.6 Å². The predicted molar refractivity (Wildman–Crippen MR) is 60.1 cm³/mol. The number of aromatic nitrogens is 4. The van der Waals surface area contributed by atoms with Gasteiger partial charge in [0.2, 0.25) is 0 Å². The van der Waals surface area contributed by atoms with Crippen molar-refractivity contribution in [3.05, 3.63) is 24.3 Å². The molecule has 2 aromatic rings. The molecule has 0 spiro atoms. The smallest absolute Gasteiger partial charge is 0.191 e. The van der Waals surface area contributed by atoms with E-state index >= 15 is 0 Å². The fourth-order valence-corrected chi connectivity index (χ4v) is 1.65. The molecule has 2 rings (SSSR count). The molecule has 0 radical (unpaired) electrons. The zero-order valence-electron chi connectivity index (χ0n) is 8.51. The fourth-order valence-electron chi connectivity index (χ4n) is 1.27. The fraction of sp³-hybridized carbons (Fsp3) is 0.222. The van der Waals surface area contributed by atoms with E-state index in [1.54, 1.807) is 12.3 Å². The van der Waals surface area contributed by atoms with Crippen LogP contribution in [0.5, 0.6) is 0 Å². The van der Waals surface area contributed by atoms with Gasteiger partial charge in [0.15, 0.2) is 5.16 Å². The number of aryl methyl sites for hydroxylation is 1. The van der Waals surface area contributed by atoms with E-state index in [1.807, 2.05) is 23.9 Å². The minimum atomic E-state index is 0.470. The summed E-state index contributed by atoms with van der Waals surface area (Å²) >= 11 is 1.46. The highest BCUT2D eigenvalue weighted by Crippen LogP contribution is 2.15. The summed E-state index contributed by atoms with van der Waals surface area (Å²) in [6, 6.07) is 1.73. The van der Waals surface area contributed by atoms with E-state index < -0.39 is 0 Å². The molecule has 0 saturated heterocycles. The number of hydrogen-bond donors (Lipinski definition) is 1. The monoisotopic (exact) mass is 221 g/mol. The SMILES string of the molecule is CSc1nc(N)cc(-n2ccnc2C)n1. The molecule has 0 aromatic carbocycles. The first-order chi connectivity index (χ1) is 7.20. The average molecular weight is 221 g/mol. The molecule has 2 heterocycles. The maximum Gasteiger partial charge on any atom is 0.191 e. The van der Waals surface area contributed by atoms with E-state index in [4.69, 9.17) is 5.73 Å². The summed E-state index contributed by atoms with van der Waals surface area (Å²) in [5.41, 5.74) is 5.69. The molecule has 78 valence electrons. The Balaban J connectivity index is 2.53. The maximum atomic E-state index is 5.69. The summed E-state index contributed by atoms with van der Waals surface area (Å²) < 4.78 is 1.87. The van der Waals surface area contributed by atoms with Crippen molar-refractivity contribution in [1.29, 1.82) is 0 Å². The normalized spacial score (nSPS) is 10.5. The van der Waals surface area contributed by atoms with Crippen LogP contribution in [-0.4, -0.2) is 25.8 Å². The molecule has 2 N–H and O–H groups in total.